The molecule has 0 spiro atoms. The van der Waals surface area contributed by atoms with E-state index in [0.717, 1.165) is 23.5 Å². The van der Waals surface area contributed by atoms with Crippen molar-refractivity contribution >= 4 is 42.1 Å². The molecule has 1 aromatic heterocycles. The van der Waals surface area contributed by atoms with E-state index in [0.29, 0.717) is 19.0 Å². The van der Waals surface area contributed by atoms with Crippen LogP contribution in [0.3, 0.4) is 0 Å². The van der Waals surface area contributed by atoms with Crippen molar-refractivity contribution in [3.8, 4) is 0 Å². The van der Waals surface area contributed by atoms with Crippen molar-refractivity contribution in [1.29, 1.82) is 0 Å². The van der Waals surface area contributed by atoms with Crippen LogP contribution < -0.4 is 10.6 Å². The van der Waals surface area contributed by atoms with E-state index in [1.165, 1.54) is 12.8 Å². The Labute approximate surface area is 130 Å². The lowest BCUT2D eigenvalue weighted by molar-refractivity contribution is -0.121. The Bertz CT molecular complexity index is 381. The number of carbonyl (C=O) groups excluding carboxylic acids is 1. The van der Waals surface area contributed by atoms with Gasteiger partial charge in [0.2, 0.25) is 5.91 Å². The minimum Gasteiger partial charge on any atom is -0.351 e. The summed E-state index contributed by atoms with van der Waals surface area (Å²) in [6.07, 6.45) is 4.02. The molecule has 0 radical (unpaired) electrons. The Hall–Kier alpha value is -0.360. The zero-order valence-electron chi connectivity index (χ0n) is 11.0. The van der Waals surface area contributed by atoms with Gasteiger partial charge in [-0.2, -0.15) is 0 Å². The van der Waals surface area contributed by atoms with Crippen molar-refractivity contribution in [3.63, 3.8) is 0 Å². The quantitative estimate of drug-likeness (QED) is 0.874. The molecular weight excluding hydrogens is 305 g/mol. The molecule has 0 aliphatic carbocycles. The van der Waals surface area contributed by atoms with E-state index in [1.807, 2.05) is 12.4 Å². The summed E-state index contributed by atoms with van der Waals surface area (Å²) in [6.45, 7) is 3.69. The van der Waals surface area contributed by atoms with Crippen LogP contribution in [0.15, 0.2) is 5.51 Å². The molecule has 1 unspecified atom stereocenters. The summed E-state index contributed by atoms with van der Waals surface area (Å²) in [5, 5.41) is 6.36. The standard InChI is InChI=1S/C12H19N3OS.2ClH/c1-9-11(17-8-15-9)7-14-12(16)5-4-10-3-2-6-13-10;;/h8,10,13H,2-7H2,1H3,(H,14,16);2*1H. The molecule has 7 heteroatoms. The zero-order valence-corrected chi connectivity index (χ0v) is 13.4. The summed E-state index contributed by atoms with van der Waals surface area (Å²) >= 11 is 1.60. The summed E-state index contributed by atoms with van der Waals surface area (Å²) in [7, 11) is 0. The summed E-state index contributed by atoms with van der Waals surface area (Å²) in [6, 6.07) is 0.547. The van der Waals surface area contributed by atoms with Crippen molar-refractivity contribution < 1.29 is 4.79 Å². The second kappa shape index (κ2) is 9.53. The number of carbonyl (C=O) groups is 1. The highest BCUT2D eigenvalue weighted by Gasteiger charge is 2.15. The van der Waals surface area contributed by atoms with E-state index in [9.17, 15) is 4.79 Å². The van der Waals surface area contributed by atoms with Gasteiger partial charge in [0, 0.05) is 17.3 Å². The molecular formula is C12H21Cl2N3OS. The molecule has 0 saturated carbocycles. The fourth-order valence-electron chi connectivity index (χ4n) is 2.07. The summed E-state index contributed by atoms with van der Waals surface area (Å²) in [4.78, 5) is 17.0. The fraction of sp³-hybridized carbons (Fsp3) is 0.667. The van der Waals surface area contributed by atoms with Gasteiger partial charge in [-0.25, -0.2) is 4.98 Å². The Balaban J connectivity index is 0.00000162. The molecule has 1 aliphatic rings. The van der Waals surface area contributed by atoms with Crippen LogP contribution in [0, 0.1) is 6.92 Å². The predicted octanol–water partition coefficient (Wildman–Crippen LogP) is 2.44. The lowest BCUT2D eigenvalue weighted by Gasteiger charge is -2.09. The third kappa shape index (κ3) is 6.08. The van der Waals surface area contributed by atoms with Gasteiger partial charge in [-0.05, 0) is 32.7 Å². The maximum atomic E-state index is 11.7. The van der Waals surface area contributed by atoms with E-state index in [1.54, 1.807) is 11.3 Å². The molecule has 1 aliphatic heterocycles. The first-order valence-corrected chi connectivity index (χ1v) is 7.02. The zero-order chi connectivity index (χ0) is 12.1. The van der Waals surface area contributed by atoms with E-state index < -0.39 is 0 Å². The molecule has 0 bridgehead atoms. The molecule has 1 fully saturated rings. The van der Waals surface area contributed by atoms with Crippen LogP contribution in [0.25, 0.3) is 0 Å². The van der Waals surface area contributed by atoms with Crippen LogP contribution in [0.5, 0.6) is 0 Å². The molecule has 1 aromatic rings. The van der Waals surface area contributed by atoms with Crippen molar-refractivity contribution in [2.24, 2.45) is 0 Å². The van der Waals surface area contributed by atoms with Crippen LogP contribution in [0.4, 0.5) is 0 Å². The van der Waals surface area contributed by atoms with Crippen LogP contribution in [-0.4, -0.2) is 23.5 Å². The predicted molar refractivity (Wildman–Crippen MR) is 83.5 cm³/mol. The molecule has 2 N–H and O–H groups in total. The van der Waals surface area contributed by atoms with Crippen LogP contribution >= 0.6 is 36.2 Å². The maximum Gasteiger partial charge on any atom is 0.220 e. The molecule has 1 saturated heterocycles. The summed E-state index contributed by atoms with van der Waals surface area (Å²) < 4.78 is 0. The van der Waals surface area contributed by atoms with Crippen molar-refractivity contribution in [2.45, 2.75) is 45.2 Å². The molecule has 110 valence electrons. The van der Waals surface area contributed by atoms with Crippen molar-refractivity contribution in [1.82, 2.24) is 15.6 Å². The first-order valence-electron chi connectivity index (χ1n) is 6.15. The van der Waals surface area contributed by atoms with Gasteiger partial charge in [0.25, 0.3) is 0 Å². The molecule has 1 amide bonds. The highest BCUT2D eigenvalue weighted by molar-refractivity contribution is 7.09. The second-order valence-electron chi connectivity index (χ2n) is 4.47. The first kappa shape index (κ1) is 18.6. The average molecular weight is 326 g/mol. The molecule has 19 heavy (non-hydrogen) atoms. The molecule has 4 nitrogen and oxygen atoms in total. The largest absolute Gasteiger partial charge is 0.351 e. The SMILES string of the molecule is Cc1ncsc1CNC(=O)CCC1CCCN1.Cl.Cl. The number of nitrogens with one attached hydrogen (secondary N) is 2. The smallest absolute Gasteiger partial charge is 0.220 e. The van der Waals surface area contributed by atoms with E-state index in [4.69, 9.17) is 0 Å². The molecule has 1 atom stereocenters. The van der Waals surface area contributed by atoms with Gasteiger partial charge in [-0.15, -0.1) is 36.2 Å². The number of hydrogen-bond acceptors (Lipinski definition) is 4. The number of thiazole rings is 1. The Morgan fingerprint density at radius 2 is 2.37 bits per heavy atom. The second-order valence-corrected chi connectivity index (χ2v) is 5.41. The minimum absolute atomic E-state index is 0. The topological polar surface area (TPSA) is 54.0 Å². The number of aryl methyl sites for hydroxylation is 1. The third-order valence-electron chi connectivity index (χ3n) is 3.17. The summed E-state index contributed by atoms with van der Waals surface area (Å²) in [5.74, 6) is 0.145. The molecule has 2 rings (SSSR count). The fourth-order valence-corrected chi connectivity index (χ4v) is 2.79. The number of nitrogens with zero attached hydrogens (tertiary/aromatic N) is 1. The lowest BCUT2D eigenvalue weighted by atomic mass is 10.1. The number of amides is 1. The normalized spacial score (nSPS) is 17.4. The van der Waals surface area contributed by atoms with E-state index in [2.05, 4.69) is 15.6 Å². The van der Waals surface area contributed by atoms with E-state index >= 15 is 0 Å². The Morgan fingerprint density at radius 3 is 2.95 bits per heavy atom. The van der Waals surface area contributed by atoms with Gasteiger partial charge in [0.15, 0.2) is 0 Å². The van der Waals surface area contributed by atoms with E-state index in [-0.39, 0.29) is 30.7 Å². The minimum atomic E-state index is 0. The van der Waals surface area contributed by atoms with Crippen LogP contribution in [0.2, 0.25) is 0 Å². The van der Waals surface area contributed by atoms with Crippen LogP contribution in [-0.2, 0) is 11.3 Å². The summed E-state index contributed by atoms with van der Waals surface area (Å²) in [5.41, 5.74) is 2.84. The average Bonchev–Trinajstić information content (AvgIpc) is 2.95. The number of aromatic nitrogens is 1. The molecule has 0 aromatic carbocycles. The number of halogens is 2. The monoisotopic (exact) mass is 325 g/mol. The Kier molecular flexibility index (Phi) is 9.35. The van der Waals surface area contributed by atoms with Crippen LogP contribution in [0.1, 0.15) is 36.3 Å². The maximum absolute atomic E-state index is 11.7. The number of rotatable bonds is 5. The van der Waals surface area contributed by atoms with Gasteiger partial charge in [-0.3, -0.25) is 4.79 Å². The number of hydrogen-bond donors (Lipinski definition) is 2. The highest BCUT2D eigenvalue weighted by atomic mass is 35.5. The lowest BCUT2D eigenvalue weighted by Crippen LogP contribution is -2.27. The third-order valence-corrected chi connectivity index (χ3v) is 4.11. The highest BCUT2D eigenvalue weighted by Crippen LogP contribution is 2.12. The van der Waals surface area contributed by atoms with Gasteiger partial charge in [0.05, 0.1) is 17.7 Å². The first-order chi connectivity index (χ1) is 8.25. The van der Waals surface area contributed by atoms with Gasteiger partial charge < -0.3 is 10.6 Å². The van der Waals surface area contributed by atoms with Gasteiger partial charge >= 0.3 is 0 Å². The van der Waals surface area contributed by atoms with Gasteiger partial charge in [-0.1, -0.05) is 0 Å². The van der Waals surface area contributed by atoms with Crippen molar-refractivity contribution in [3.05, 3.63) is 16.1 Å². The van der Waals surface area contributed by atoms with Gasteiger partial charge in [0.1, 0.15) is 0 Å². The Morgan fingerprint density at radius 1 is 1.58 bits per heavy atom. The molecule has 2 heterocycles. The van der Waals surface area contributed by atoms with Crippen molar-refractivity contribution in [2.75, 3.05) is 6.54 Å².